The van der Waals surface area contributed by atoms with E-state index in [1.807, 2.05) is 4.72 Å². The van der Waals surface area contributed by atoms with Crippen molar-refractivity contribution in [2.75, 3.05) is 16.6 Å². The van der Waals surface area contributed by atoms with Crippen molar-refractivity contribution in [3.63, 3.8) is 0 Å². The van der Waals surface area contributed by atoms with Crippen LogP contribution in [0.2, 0.25) is 0 Å². The van der Waals surface area contributed by atoms with Crippen LogP contribution in [-0.2, 0) is 10.0 Å². The molecule has 0 unspecified atom stereocenters. The summed E-state index contributed by atoms with van der Waals surface area (Å²) in [4.78, 5) is 11.4. The number of sulfonamides is 1. The normalized spacial score (nSPS) is 11.5. The van der Waals surface area contributed by atoms with Gasteiger partial charge in [0.05, 0.1) is 5.69 Å². The van der Waals surface area contributed by atoms with Crippen molar-refractivity contribution >= 4 is 32.4 Å². The standard InChI is InChI=1S/C17H14F2N2O4S/c1-2-20-15-11-5-3-4-6-13(11)25-17(22)16(15)21-26(23,24)14-9-10(18)7-8-12(14)19/h3-9,20-21H,2H2,1H3. The number of nitrogens with one attached hydrogen (secondary N) is 2. The van der Waals surface area contributed by atoms with Gasteiger partial charge in [0.2, 0.25) is 0 Å². The molecular formula is C17H14F2N2O4S. The minimum absolute atomic E-state index is 0.194. The van der Waals surface area contributed by atoms with E-state index in [9.17, 15) is 22.0 Å². The van der Waals surface area contributed by atoms with Gasteiger partial charge in [0.25, 0.3) is 10.0 Å². The topological polar surface area (TPSA) is 88.4 Å². The summed E-state index contributed by atoms with van der Waals surface area (Å²) in [5.74, 6) is -2.07. The molecule has 3 rings (SSSR count). The highest BCUT2D eigenvalue weighted by atomic mass is 32.2. The van der Waals surface area contributed by atoms with Gasteiger partial charge >= 0.3 is 5.63 Å². The zero-order valence-electron chi connectivity index (χ0n) is 13.5. The van der Waals surface area contributed by atoms with Crippen LogP contribution in [-0.4, -0.2) is 15.0 Å². The number of hydrogen-bond donors (Lipinski definition) is 2. The fraction of sp³-hybridized carbons (Fsp3) is 0.118. The Morgan fingerprint density at radius 3 is 2.54 bits per heavy atom. The molecule has 26 heavy (non-hydrogen) atoms. The lowest BCUT2D eigenvalue weighted by atomic mass is 10.2. The van der Waals surface area contributed by atoms with E-state index in [0.29, 0.717) is 24.1 Å². The van der Waals surface area contributed by atoms with Crippen LogP contribution >= 0.6 is 0 Å². The monoisotopic (exact) mass is 380 g/mol. The molecule has 0 saturated carbocycles. The van der Waals surface area contributed by atoms with Gasteiger partial charge in [-0.05, 0) is 37.3 Å². The molecule has 136 valence electrons. The van der Waals surface area contributed by atoms with Crippen molar-refractivity contribution in [2.45, 2.75) is 11.8 Å². The number of fused-ring (bicyclic) bond motifs is 1. The first kappa shape index (κ1) is 17.9. The van der Waals surface area contributed by atoms with Crippen molar-refractivity contribution in [2.24, 2.45) is 0 Å². The number of hydrogen-bond acceptors (Lipinski definition) is 5. The quantitative estimate of drug-likeness (QED) is 0.663. The van der Waals surface area contributed by atoms with Gasteiger partial charge in [0.15, 0.2) is 5.69 Å². The molecule has 6 nitrogen and oxygen atoms in total. The molecule has 2 N–H and O–H groups in total. The molecular weight excluding hydrogens is 366 g/mol. The van der Waals surface area contributed by atoms with Crippen LogP contribution in [0.15, 0.2) is 56.6 Å². The van der Waals surface area contributed by atoms with E-state index in [1.54, 1.807) is 31.2 Å². The van der Waals surface area contributed by atoms with Gasteiger partial charge in [-0.3, -0.25) is 4.72 Å². The Kier molecular flexibility index (Phi) is 4.64. The van der Waals surface area contributed by atoms with Gasteiger partial charge in [-0.1, -0.05) is 12.1 Å². The molecule has 0 saturated heterocycles. The maximum Gasteiger partial charge on any atom is 0.363 e. The summed E-state index contributed by atoms with van der Waals surface area (Å²) in [5, 5.41) is 3.37. The van der Waals surface area contributed by atoms with Gasteiger partial charge in [-0.2, -0.15) is 0 Å². The Balaban J connectivity index is 2.19. The number of benzene rings is 2. The first-order valence-corrected chi connectivity index (χ1v) is 9.09. The van der Waals surface area contributed by atoms with E-state index in [0.717, 1.165) is 6.07 Å². The average molecular weight is 380 g/mol. The first-order valence-electron chi connectivity index (χ1n) is 7.61. The minimum Gasteiger partial charge on any atom is -0.421 e. The lowest BCUT2D eigenvalue weighted by molar-refractivity contribution is 0.553. The Labute approximate surface area is 147 Å². The van der Waals surface area contributed by atoms with Crippen LogP contribution in [0.5, 0.6) is 0 Å². The van der Waals surface area contributed by atoms with E-state index < -0.39 is 37.9 Å². The Bertz CT molecular complexity index is 1140. The predicted molar refractivity (Wildman–Crippen MR) is 93.8 cm³/mol. The summed E-state index contributed by atoms with van der Waals surface area (Å²) in [6.45, 7) is 2.14. The predicted octanol–water partition coefficient (Wildman–Crippen LogP) is 3.30. The third-order valence-electron chi connectivity index (χ3n) is 3.59. The lowest BCUT2D eigenvalue weighted by Crippen LogP contribution is -2.21. The van der Waals surface area contributed by atoms with E-state index in [2.05, 4.69) is 5.32 Å². The van der Waals surface area contributed by atoms with Gasteiger partial charge in [-0.25, -0.2) is 22.0 Å². The SMILES string of the molecule is CCNc1c(NS(=O)(=O)c2cc(F)ccc2F)c(=O)oc2ccccc12. The maximum absolute atomic E-state index is 13.9. The number of anilines is 2. The molecule has 1 heterocycles. The van der Waals surface area contributed by atoms with Crippen LogP contribution in [0.4, 0.5) is 20.2 Å². The van der Waals surface area contributed by atoms with Gasteiger partial charge in [-0.15, -0.1) is 0 Å². The van der Waals surface area contributed by atoms with Crippen molar-refractivity contribution < 1.29 is 21.6 Å². The summed E-state index contributed by atoms with van der Waals surface area (Å²) < 4.78 is 59.3. The molecule has 0 bridgehead atoms. The Hall–Kier alpha value is -2.94. The molecule has 0 radical (unpaired) electrons. The highest BCUT2D eigenvalue weighted by Crippen LogP contribution is 2.30. The smallest absolute Gasteiger partial charge is 0.363 e. The average Bonchev–Trinajstić information content (AvgIpc) is 2.60. The highest BCUT2D eigenvalue weighted by molar-refractivity contribution is 7.92. The fourth-order valence-corrected chi connectivity index (χ4v) is 3.63. The molecule has 0 aliphatic rings. The van der Waals surface area contributed by atoms with Gasteiger partial charge in [0.1, 0.15) is 22.1 Å². The third kappa shape index (κ3) is 3.25. The number of halogens is 2. The van der Waals surface area contributed by atoms with E-state index >= 15 is 0 Å². The molecule has 0 aliphatic carbocycles. The second-order valence-corrected chi connectivity index (χ2v) is 7.00. The van der Waals surface area contributed by atoms with Crippen LogP contribution in [0.3, 0.4) is 0 Å². The molecule has 0 fully saturated rings. The van der Waals surface area contributed by atoms with Gasteiger partial charge in [0, 0.05) is 11.9 Å². The zero-order valence-corrected chi connectivity index (χ0v) is 14.4. The third-order valence-corrected chi connectivity index (χ3v) is 4.95. The molecule has 9 heteroatoms. The molecule has 0 amide bonds. The summed E-state index contributed by atoms with van der Waals surface area (Å²) >= 11 is 0. The summed E-state index contributed by atoms with van der Waals surface area (Å²) in [6, 6.07) is 8.56. The van der Waals surface area contributed by atoms with Crippen molar-refractivity contribution in [3.05, 3.63) is 64.5 Å². The molecule has 2 aromatic carbocycles. The van der Waals surface area contributed by atoms with E-state index in [1.165, 1.54) is 0 Å². The second-order valence-electron chi connectivity index (χ2n) is 5.35. The molecule has 3 aromatic rings. The minimum atomic E-state index is -4.56. The molecule has 0 atom stereocenters. The summed E-state index contributed by atoms with van der Waals surface area (Å²) in [7, 11) is -4.56. The first-order chi connectivity index (χ1) is 12.3. The second kappa shape index (κ2) is 6.75. The summed E-state index contributed by atoms with van der Waals surface area (Å²) in [5.41, 5.74) is -0.915. The van der Waals surface area contributed by atoms with Crippen LogP contribution in [0.1, 0.15) is 6.92 Å². The fourth-order valence-electron chi connectivity index (χ4n) is 2.48. The largest absolute Gasteiger partial charge is 0.421 e. The molecule has 0 aliphatic heterocycles. The lowest BCUT2D eigenvalue weighted by Gasteiger charge is -2.14. The van der Waals surface area contributed by atoms with Crippen molar-refractivity contribution in [1.29, 1.82) is 0 Å². The van der Waals surface area contributed by atoms with E-state index in [4.69, 9.17) is 4.42 Å². The van der Waals surface area contributed by atoms with Gasteiger partial charge < -0.3 is 9.73 Å². The van der Waals surface area contributed by atoms with Crippen LogP contribution < -0.4 is 15.7 Å². The van der Waals surface area contributed by atoms with Crippen LogP contribution in [0.25, 0.3) is 11.0 Å². The zero-order chi connectivity index (χ0) is 18.9. The van der Waals surface area contributed by atoms with Crippen LogP contribution in [0, 0.1) is 11.6 Å². The Morgan fingerprint density at radius 2 is 1.81 bits per heavy atom. The van der Waals surface area contributed by atoms with E-state index in [-0.39, 0.29) is 11.3 Å². The summed E-state index contributed by atoms with van der Waals surface area (Å²) in [6.07, 6.45) is 0. The maximum atomic E-state index is 13.9. The number of rotatable bonds is 5. The van der Waals surface area contributed by atoms with Crippen molar-refractivity contribution in [3.8, 4) is 0 Å². The number of para-hydroxylation sites is 1. The molecule has 1 aromatic heterocycles. The Morgan fingerprint density at radius 1 is 1.08 bits per heavy atom. The van der Waals surface area contributed by atoms with Crippen molar-refractivity contribution in [1.82, 2.24) is 0 Å². The molecule has 0 spiro atoms. The highest BCUT2D eigenvalue weighted by Gasteiger charge is 2.24.